The summed E-state index contributed by atoms with van der Waals surface area (Å²) >= 11 is 0. The van der Waals surface area contributed by atoms with Crippen molar-refractivity contribution in [3.63, 3.8) is 0 Å². The van der Waals surface area contributed by atoms with Crippen LogP contribution in [0.25, 0.3) is 0 Å². The number of benzene rings is 1. The second-order valence-corrected chi connectivity index (χ2v) is 3.82. The minimum Gasteiger partial charge on any atom is -0.494 e. The van der Waals surface area contributed by atoms with E-state index in [1.54, 1.807) is 0 Å². The fraction of sp³-hybridized carbons (Fsp3) is 0.538. The van der Waals surface area contributed by atoms with E-state index in [0.29, 0.717) is 12.6 Å². The lowest BCUT2D eigenvalue weighted by Crippen LogP contribution is -2.28. The lowest BCUT2D eigenvalue weighted by molar-refractivity contribution is 0.278. The van der Waals surface area contributed by atoms with Crippen LogP contribution in [0.3, 0.4) is 0 Å². The Balaban J connectivity index is 2.38. The zero-order valence-corrected chi connectivity index (χ0v) is 10.3. The highest BCUT2D eigenvalue weighted by Gasteiger charge is 2.00. The summed E-state index contributed by atoms with van der Waals surface area (Å²) in [4.78, 5) is 0. The van der Waals surface area contributed by atoms with Crippen molar-refractivity contribution in [1.29, 1.82) is 0 Å². The van der Waals surface area contributed by atoms with E-state index >= 15 is 0 Å². The largest absolute Gasteiger partial charge is 0.494 e. The zero-order valence-electron chi connectivity index (χ0n) is 10.3. The van der Waals surface area contributed by atoms with Crippen molar-refractivity contribution >= 4 is 0 Å². The first-order valence-electron chi connectivity index (χ1n) is 5.79. The average molecular weight is 223 g/mol. The summed E-state index contributed by atoms with van der Waals surface area (Å²) in [6.45, 7) is 5.61. The summed E-state index contributed by atoms with van der Waals surface area (Å²) in [6, 6.07) is 8.11. The topological polar surface area (TPSA) is 30.5 Å². The van der Waals surface area contributed by atoms with Crippen molar-refractivity contribution in [3.8, 4) is 11.5 Å². The van der Waals surface area contributed by atoms with E-state index in [1.807, 2.05) is 31.3 Å². The molecule has 1 rings (SSSR count). The first-order chi connectivity index (χ1) is 7.76. The Bertz CT molecular complexity index is 284. The molecule has 0 amide bonds. The van der Waals surface area contributed by atoms with Crippen molar-refractivity contribution in [1.82, 2.24) is 5.32 Å². The molecule has 0 fully saturated rings. The molecule has 16 heavy (non-hydrogen) atoms. The maximum Gasteiger partial charge on any atom is 0.119 e. The SMILES string of the molecule is CCCOc1ccc(OCC(C)NC)cc1. The Morgan fingerprint density at radius 3 is 2.19 bits per heavy atom. The van der Waals surface area contributed by atoms with Gasteiger partial charge in [-0.05, 0) is 44.7 Å². The summed E-state index contributed by atoms with van der Waals surface area (Å²) in [5, 5.41) is 3.12. The Morgan fingerprint density at radius 1 is 1.12 bits per heavy atom. The molecule has 0 aromatic heterocycles. The molecule has 0 heterocycles. The van der Waals surface area contributed by atoms with Crippen LogP contribution in [0.5, 0.6) is 11.5 Å². The van der Waals surface area contributed by atoms with Crippen molar-refractivity contribution in [2.24, 2.45) is 0 Å². The molecule has 90 valence electrons. The molecule has 1 N–H and O–H groups in total. The molecule has 0 saturated carbocycles. The van der Waals surface area contributed by atoms with E-state index in [4.69, 9.17) is 9.47 Å². The van der Waals surface area contributed by atoms with Gasteiger partial charge in [0.2, 0.25) is 0 Å². The summed E-state index contributed by atoms with van der Waals surface area (Å²) in [6.07, 6.45) is 1.03. The quantitative estimate of drug-likeness (QED) is 0.770. The fourth-order valence-electron chi connectivity index (χ4n) is 1.16. The van der Waals surface area contributed by atoms with E-state index in [2.05, 4.69) is 19.2 Å². The lowest BCUT2D eigenvalue weighted by Gasteiger charge is -2.12. The van der Waals surface area contributed by atoms with Crippen LogP contribution in [0.4, 0.5) is 0 Å². The van der Waals surface area contributed by atoms with Crippen LogP contribution in [0.15, 0.2) is 24.3 Å². The molecular formula is C13H21NO2. The smallest absolute Gasteiger partial charge is 0.119 e. The molecule has 1 unspecified atom stereocenters. The van der Waals surface area contributed by atoms with Gasteiger partial charge in [0.05, 0.1) is 6.61 Å². The van der Waals surface area contributed by atoms with Gasteiger partial charge in [-0.3, -0.25) is 0 Å². The number of hydrogen-bond donors (Lipinski definition) is 1. The predicted octanol–water partition coefficient (Wildman–Crippen LogP) is 2.46. The van der Waals surface area contributed by atoms with Gasteiger partial charge in [0.1, 0.15) is 18.1 Å². The van der Waals surface area contributed by atoms with Gasteiger partial charge in [-0.1, -0.05) is 6.92 Å². The van der Waals surface area contributed by atoms with Gasteiger partial charge in [0.25, 0.3) is 0 Å². The van der Waals surface area contributed by atoms with Gasteiger partial charge in [-0.2, -0.15) is 0 Å². The van der Waals surface area contributed by atoms with Gasteiger partial charge in [0.15, 0.2) is 0 Å². The van der Waals surface area contributed by atoms with E-state index in [-0.39, 0.29) is 0 Å². The number of rotatable bonds is 7. The third kappa shape index (κ3) is 4.53. The van der Waals surface area contributed by atoms with Gasteiger partial charge in [-0.25, -0.2) is 0 Å². The van der Waals surface area contributed by atoms with E-state index in [1.165, 1.54) is 0 Å². The van der Waals surface area contributed by atoms with Gasteiger partial charge < -0.3 is 14.8 Å². The number of likely N-dealkylation sites (N-methyl/N-ethyl adjacent to an activating group) is 1. The summed E-state index contributed by atoms with van der Waals surface area (Å²) < 4.78 is 11.1. The van der Waals surface area contributed by atoms with Crippen LogP contribution in [-0.4, -0.2) is 26.3 Å². The Kier molecular flexibility index (Phi) is 5.72. The van der Waals surface area contributed by atoms with Crippen LogP contribution < -0.4 is 14.8 Å². The predicted molar refractivity (Wildman–Crippen MR) is 66.2 cm³/mol. The Hall–Kier alpha value is -1.22. The molecule has 0 aliphatic heterocycles. The van der Waals surface area contributed by atoms with Crippen molar-refractivity contribution in [2.75, 3.05) is 20.3 Å². The van der Waals surface area contributed by atoms with Gasteiger partial charge >= 0.3 is 0 Å². The standard InChI is InChI=1S/C13H21NO2/c1-4-9-15-12-5-7-13(8-6-12)16-10-11(2)14-3/h5-8,11,14H,4,9-10H2,1-3H3. The summed E-state index contributed by atoms with van der Waals surface area (Å²) in [5.41, 5.74) is 0. The molecule has 3 heteroatoms. The Morgan fingerprint density at radius 2 is 1.69 bits per heavy atom. The average Bonchev–Trinajstić information content (AvgIpc) is 2.34. The minimum absolute atomic E-state index is 0.357. The highest BCUT2D eigenvalue weighted by Crippen LogP contribution is 2.17. The highest BCUT2D eigenvalue weighted by atomic mass is 16.5. The first-order valence-corrected chi connectivity index (χ1v) is 5.79. The monoisotopic (exact) mass is 223 g/mol. The summed E-state index contributed by atoms with van der Waals surface area (Å²) in [5.74, 6) is 1.78. The fourth-order valence-corrected chi connectivity index (χ4v) is 1.16. The summed E-state index contributed by atoms with van der Waals surface area (Å²) in [7, 11) is 1.93. The van der Waals surface area contributed by atoms with Crippen molar-refractivity contribution in [3.05, 3.63) is 24.3 Å². The van der Waals surface area contributed by atoms with Crippen LogP contribution in [0.2, 0.25) is 0 Å². The maximum atomic E-state index is 5.60. The van der Waals surface area contributed by atoms with E-state index < -0.39 is 0 Å². The molecule has 0 radical (unpaired) electrons. The number of nitrogens with one attached hydrogen (secondary N) is 1. The molecule has 1 atom stereocenters. The van der Waals surface area contributed by atoms with Crippen molar-refractivity contribution < 1.29 is 9.47 Å². The third-order valence-electron chi connectivity index (χ3n) is 2.29. The van der Waals surface area contributed by atoms with Crippen LogP contribution in [0.1, 0.15) is 20.3 Å². The van der Waals surface area contributed by atoms with Crippen LogP contribution in [0, 0.1) is 0 Å². The second-order valence-electron chi connectivity index (χ2n) is 3.82. The molecule has 0 aliphatic rings. The normalized spacial score (nSPS) is 12.2. The third-order valence-corrected chi connectivity index (χ3v) is 2.29. The lowest BCUT2D eigenvalue weighted by atomic mass is 10.3. The minimum atomic E-state index is 0.357. The molecule has 0 bridgehead atoms. The zero-order chi connectivity index (χ0) is 11.8. The number of ether oxygens (including phenoxy) is 2. The van der Waals surface area contributed by atoms with Crippen LogP contribution >= 0.6 is 0 Å². The first kappa shape index (κ1) is 12.8. The molecule has 1 aromatic carbocycles. The van der Waals surface area contributed by atoms with E-state index in [0.717, 1.165) is 24.5 Å². The van der Waals surface area contributed by atoms with Crippen LogP contribution in [-0.2, 0) is 0 Å². The molecule has 0 aliphatic carbocycles. The second kappa shape index (κ2) is 7.12. The molecule has 1 aromatic rings. The Labute approximate surface area is 97.8 Å². The molecule has 0 saturated heterocycles. The van der Waals surface area contributed by atoms with Gasteiger partial charge in [-0.15, -0.1) is 0 Å². The highest BCUT2D eigenvalue weighted by molar-refractivity contribution is 5.31. The van der Waals surface area contributed by atoms with Gasteiger partial charge in [0, 0.05) is 6.04 Å². The number of hydrogen-bond acceptors (Lipinski definition) is 3. The molecule has 3 nitrogen and oxygen atoms in total. The maximum absolute atomic E-state index is 5.60. The molecular weight excluding hydrogens is 202 g/mol. The van der Waals surface area contributed by atoms with E-state index in [9.17, 15) is 0 Å². The molecule has 0 spiro atoms. The van der Waals surface area contributed by atoms with Crippen molar-refractivity contribution in [2.45, 2.75) is 26.3 Å².